The van der Waals surface area contributed by atoms with E-state index in [1.807, 2.05) is 36.4 Å². The number of aromatic nitrogens is 4. The van der Waals surface area contributed by atoms with Gasteiger partial charge in [-0.3, -0.25) is 9.36 Å². The van der Waals surface area contributed by atoms with Gasteiger partial charge in [0.15, 0.2) is 29.3 Å². The van der Waals surface area contributed by atoms with Gasteiger partial charge < -0.3 is 26.2 Å². The number of aliphatic hydroxyl groups excluding tert-OH is 1. The standard InChI is InChI=1S/C25H26ClN7O3S/c1-28-24(35)21-18(27)20(34)25(36-21)33-13-32-19-22(30-12-31-23(19)33)29-10-15-9-16(26)7-8-17(15)37-11-14-5-3-2-4-6-14/h2-9,12-13,18,20-21,25,34H,10-11,27H2,1H3,(H,28,35)(H,29,30,31)/t18-,20+,21-,25+/m0/s1. The van der Waals surface area contributed by atoms with Crippen LogP contribution in [-0.4, -0.2) is 55.8 Å². The minimum Gasteiger partial charge on any atom is -0.387 e. The third kappa shape index (κ3) is 5.27. The Morgan fingerprint density at radius 1 is 1.22 bits per heavy atom. The van der Waals surface area contributed by atoms with Crippen molar-refractivity contribution in [2.75, 3.05) is 12.4 Å². The van der Waals surface area contributed by atoms with Crippen LogP contribution >= 0.6 is 23.4 Å². The largest absolute Gasteiger partial charge is 0.387 e. The molecule has 1 amide bonds. The summed E-state index contributed by atoms with van der Waals surface area (Å²) in [5, 5.41) is 17.1. The summed E-state index contributed by atoms with van der Waals surface area (Å²) in [6.45, 7) is 0.461. The molecule has 10 nitrogen and oxygen atoms in total. The number of carbonyl (C=O) groups excluding carboxylic acids is 1. The van der Waals surface area contributed by atoms with E-state index in [9.17, 15) is 9.90 Å². The van der Waals surface area contributed by atoms with E-state index < -0.39 is 30.4 Å². The molecule has 3 heterocycles. The van der Waals surface area contributed by atoms with Gasteiger partial charge in [-0.1, -0.05) is 41.9 Å². The highest BCUT2D eigenvalue weighted by Gasteiger charge is 2.46. The van der Waals surface area contributed by atoms with Gasteiger partial charge in [0.05, 0.1) is 12.4 Å². The van der Waals surface area contributed by atoms with Crippen molar-refractivity contribution in [3.05, 3.63) is 77.3 Å². The minimum atomic E-state index is -1.12. The lowest BCUT2D eigenvalue weighted by molar-refractivity contribution is -0.134. The first kappa shape index (κ1) is 25.4. The molecule has 12 heteroatoms. The van der Waals surface area contributed by atoms with Crippen molar-refractivity contribution in [2.24, 2.45) is 5.73 Å². The zero-order chi connectivity index (χ0) is 25.9. The SMILES string of the molecule is CNC(=O)[C@H]1O[C@@H](n2cnc3c(NCc4cc(Cl)ccc4SCc4ccccc4)ncnc32)[C@H](O)[C@@H]1N. The van der Waals surface area contributed by atoms with Crippen LogP contribution in [0.2, 0.25) is 5.02 Å². The van der Waals surface area contributed by atoms with Crippen molar-refractivity contribution in [3.63, 3.8) is 0 Å². The summed E-state index contributed by atoms with van der Waals surface area (Å²) in [6.07, 6.45) is -0.126. The highest BCUT2D eigenvalue weighted by molar-refractivity contribution is 7.98. The summed E-state index contributed by atoms with van der Waals surface area (Å²) in [7, 11) is 1.49. The number of aliphatic hydroxyl groups is 1. The number of halogens is 1. The van der Waals surface area contributed by atoms with Crippen LogP contribution in [0.4, 0.5) is 5.82 Å². The lowest BCUT2D eigenvalue weighted by Gasteiger charge is -2.16. The number of nitrogens with one attached hydrogen (secondary N) is 2. The first-order chi connectivity index (χ1) is 18.0. The Bertz CT molecular complexity index is 1400. The maximum atomic E-state index is 12.1. The molecule has 2 aromatic heterocycles. The number of nitrogens with two attached hydrogens (primary N) is 1. The van der Waals surface area contributed by atoms with E-state index >= 15 is 0 Å². The van der Waals surface area contributed by atoms with Gasteiger partial charge in [0.1, 0.15) is 12.4 Å². The summed E-state index contributed by atoms with van der Waals surface area (Å²) in [5.41, 5.74) is 9.24. The van der Waals surface area contributed by atoms with Crippen LogP contribution in [0.3, 0.4) is 0 Å². The first-order valence-corrected chi connectivity index (χ1v) is 13.0. The lowest BCUT2D eigenvalue weighted by Crippen LogP contribution is -2.46. The van der Waals surface area contributed by atoms with Crippen molar-refractivity contribution < 1.29 is 14.6 Å². The summed E-state index contributed by atoms with van der Waals surface area (Å²) < 4.78 is 7.36. The lowest BCUT2D eigenvalue weighted by atomic mass is 10.1. The molecule has 4 aromatic rings. The fourth-order valence-electron chi connectivity index (χ4n) is 4.21. The average Bonchev–Trinajstić information content (AvgIpc) is 3.48. The highest BCUT2D eigenvalue weighted by atomic mass is 35.5. The second-order valence-electron chi connectivity index (χ2n) is 8.56. The number of fused-ring (bicyclic) bond motifs is 1. The van der Waals surface area contributed by atoms with Gasteiger partial charge in [0.25, 0.3) is 5.91 Å². The molecule has 1 aliphatic heterocycles. The van der Waals surface area contributed by atoms with Gasteiger partial charge in [-0.2, -0.15) is 0 Å². The maximum Gasteiger partial charge on any atom is 0.250 e. The van der Waals surface area contributed by atoms with E-state index in [-0.39, 0.29) is 0 Å². The number of thioether (sulfide) groups is 1. The average molecular weight is 540 g/mol. The van der Waals surface area contributed by atoms with E-state index in [1.54, 1.807) is 16.3 Å². The molecule has 192 valence electrons. The van der Waals surface area contributed by atoms with Gasteiger partial charge in [0.2, 0.25) is 0 Å². The minimum absolute atomic E-state index is 0.405. The third-order valence-corrected chi connectivity index (χ3v) is 7.59. The van der Waals surface area contributed by atoms with Crippen LogP contribution in [0, 0.1) is 0 Å². The second-order valence-corrected chi connectivity index (χ2v) is 10.0. The quantitative estimate of drug-likeness (QED) is 0.249. The van der Waals surface area contributed by atoms with Gasteiger partial charge in [-0.15, -0.1) is 11.8 Å². The zero-order valence-corrected chi connectivity index (χ0v) is 21.5. The number of hydrogen-bond acceptors (Lipinski definition) is 9. The number of rotatable bonds is 8. The van der Waals surface area contributed by atoms with Gasteiger partial charge in [0, 0.05) is 29.3 Å². The molecule has 0 radical (unpaired) electrons. The number of imidazole rings is 1. The van der Waals surface area contributed by atoms with Crippen molar-refractivity contribution in [3.8, 4) is 0 Å². The van der Waals surface area contributed by atoms with Crippen LogP contribution in [0.15, 0.2) is 66.1 Å². The Balaban J connectivity index is 1.35. The Kier molecular flexibility index (Phi) is 7.58. The van der Waals surface area contributed by atoms with E-state index in [0.717, 1.165) is 16.2 Å². The molecular formula is C25H26ClN7O3S. The predicted octanol–water partition coefficient (Wildman–Crippen LogP) is 2.72. The number of benzene rings is 2. The Morgan fingerprint density at radius 3 is 2.81 bits per heavy atom. The van der Waals surface area contributed by atoms with Crippen LogP contribution in [0.25, 0.3) is 11.2 Å². The van der Waals surface area contributed by atoms with Crippen LogP contribution in [-0.2, 0) is 21.8 Å². The number of nitrogens with zero attached hydrogens (tertiary/aromatic N) is 4. The molecule has 37 heavy (non-hydrogen) atoms. The summed E-state index contributed by atoms with van der Waals surface area (Å²) in [4.78, 5) is 26.4. The van der Waals surface area contributed by atoms with Gasteiger partial charge >= 0.3 is 0 Å². The predicted molar refractivity (Wildman–Crippen MR) is 142 cm³/mol. The normalized spacial score (nSPS) is 21.3. The molecule has 1 aliphatic rings. The Hall–Kier alpha value is -3.22. The van der Waals surface area contributed by atoms with Crippen molar-refractivity contribution in [1.82, 2.24) is 24.8 Å². The molecule has 1 saturated heterocycles. The fourth-order valence-corrected chi connectivity index (χ4v) is 5.40. The summed E-state index contributed by atoms with van der Waals surface area (Å²) in [6, 6.07) is 15.2. The molecule has 1 fully saturated rings. The number of amides is 1. The Labute approximate surface area is 222 Å². The molecule has 4 atom stereocenters. The fraction of sp³-hybridized carbons (Fsp3) is 0.280. The van der Waals surface area contributed by atoms with E-state index in [2.05, 4.69) is 37.7 Å². The molecule has 0 saturated carbocycles. The van der Waals surface area contributed by atoms with Crippen molar-refractivity contribution in [2.45, 2.75) is 41.7 Å². The van der Waals surface area contributed by atoms with Crippen LogP contribution in [0.1, 0.15) is 17.4 Å². The van der Waals surface area contributed by atoms with Gasteiger partial charge in [-0.05, 0) is 29.3 Å². The smallest absolute Gasteiger partial charge is 0.250 e. The first-order valence-electron chi connectivity index (χ1n) is 11.6. The molecule has 2 aromatic carbocycles. The van der Waals surface area contributed by atoms with Crippen LogP contribution < -0.4 is 16.4 Å². The molecule has 0 aliphatic carbocycles. The summed E-state index contributed by atoms with van der Waals surface area (Å²) >= 11 is 8.04. The topological polar surface area (TPSA) is 140 Å². The summed E-state index contributed by atoms with van der Waals surface area (Å²) in [5.74, 6) is 0.945. The van der Waals surface area contributed by atoms with E-state index in [1.165, 1.54) is 25.3 Å². The molecular weight excluding hydrogens is 514 g/mol. The number of carbonyl (C=O) groups is 1. The van der Waals surface area contributed by atoms with Crippen molar-refractivity contribution >= 4 is 46.3 Å². The second kappa shape index (κ2) is 11.0. The number of anilines is 1. The molecule has 0 spiro atoms. The molecule has 5 rings (SSSR count). The molecule has 0 bridgehead atoms. The maximum absolute atomic E-state index is 12.1. The zero-order valence-electron chi connectivity index (χ0n) is 19.9. The Morgan fingerprint density at radius 2 is 2.03 bits per heavy atom. The number of hydrogen-bond donors (Lipinski definition) is 4. The van der Waals surface area contributed by atoms with Crippen molar-refractivity contribution in [1.29, 1.82) is 0 Å². The van der Waals surface area contributed by atoms with E-state index in [0.29, 0.717) is 28.5 Å². The third-order valence-electron chi connectivity index (χ3n) is 6.17. The van der Waals surface area contributed by atoms with Crippen LogP contribution in [0.5, 0.6) is 0 Å². The van der Waals surface area contributed by atoms with E-state index in [4.69, 9.17) is 22.1 Å². The highest BCUT2D eigenvalue weighted by Crippen LogP contribution is 2.32. The number of ether oxygens (including phenoxy) is 1. The van der Waals surface area contributed by atoms with Gasteiger partial charge in [-0.25, -0.2) is 15.0 Å². The molecule has 0 unspecified atom stereocenters. The monoisotopic (exact) mass is 539 g/mol. The molecule has 5 N–H and O–H groups in total. The number of likely N-dealkylation sites (N-methyl/N-ethyl adjacent to an activating group) is 1.